The number of carbonyl (C=O) groups excluding carboxylic acids is 2. The second-order valence-corrected chi connectivity index (χ2v) is 9.50. The van der Waals surface area contributed by atoms with Crippen LogP contribution in [-0.2, 0) is 15.8 Å². The lowest BCUT2D eigenvalue weighted by Crippen LogP contribution is -2.52. The van der Waals surface area contributed by atoms with E-state index in [0.717, 1.165) is 18.2 Å². The Hall–Kier alpha value is -4.65. The van der Waals surface area contributed by atoms with Gasteiger partial charge in [-0.3, -0.25) is 14.6 Å². The quantitative estimate of drug-likeness (QED) is 0.311. The van der Waals surface area contributed by atoms with E-state index in [1.807, 2.05) is 0 Å². The molecule has 0 radical (unpaired) electrons. The van der Waals surface area contributed by atoms with Gasteiger partial charge in [0.1, 0.15) is 35.0 Å². The minimum Gasteiger partial charge on any atom is -0.489 e. The summed E-state index contributed by atoms with van der Waals surface area (Å²) in [6.07, 6.45) is -3.82. The molecule has 5 rings (SSSR count). The lowest BCUT2D eigenvalue weighted by Gasteiger charge is -2.31. The van der Waals surface area contributed by atoms with Crippen molar-refractivity contribution in [1.29, 1.82) is 0 Å². The number of nitrogens with zero attached hydrogens (tertiary/aromatic N) is 3. The molecular weight excluding hydrogens is 534 g/mol. The number of fused-ring (bicyclic) bond motifs is 2. The standard InChI is InChI=1S/C27H21F4N5O4/c1-25(24(32)38)13-40-22-16(25)11-20(36-21(22)14-4-6-15(28)7-5-14)26(39,27(29,30)31)12-34-23(37)19-9-8-17-18(35-19)3-2-10-33-17/h2-11,39H,12-13H2,1H3,(H2,32,38)(H,34,37)/t25-,26?/m0/s1. The van der Waals surface area contributed by atoms with E-state index in [2.05, 4.69) is 20.3 Å². The zero-order chi connectivity index (χ0) is 28.9. The molecule has 4 heterocycles. The number of hydrogen-bond donors (Lipinski definition) is 3. The molecule has 1 unspecified atom stereocenters. The van der Waals surface area contributed by atoms with Gasteiger partial charge in [-0.1, -0.05) is 0 Å². The highest BCUT2D eigenvalue weighted by atomic mass is 19.4. The highest BCUT2D eigenvalue weighted by molar-refractivity contribution is 5.94. The lowest BCUT2D eigenvalue weighted by molar-refractivity contribution is -0.265. The summed E-state index contributed by atoms with van der Waals surface area (Å²) in [5.74, 6) is -2.50. The van der Waals surface area contributed by atoms with Crippen molar-refractivity contribution in [2.45, 2.75) is 24.1 Å². The number of primary amides is 1. The van der Waals surface area contributed by atoms with Crippen molar-refractivity contribution in [3.8, 4) is 17.0 Å². The van der Waals surface area contributed by atoms with Crippen LogP contribution in [0.25, 0.3) is 22.3 Å². The molecule has 0 bridgehead atoms. The van der Waals surface area contributed by atoms with Crippen LogP contribution in [0.2, 0.25) is 0 Å². The SMILES string of the molecule is C[C@]1(C(N)=O)COc2c1cc(C(O)(CNC(=O)c1ccc3ncccc3n1)C(F)(F)F)nc2-c1ccc(F)cc1. The van der Waals surface area contributed by atoms with Gasteiger partial charge in [0.05, 0.1) is 23.3 Å². The number of pyridine rings is 3. The molecule has 0 saturated heterocycles. The first-order chi connectivity index (χ1) is 18.8. The van der Waals surface area contributed by atoms with Crippen molar-refractivity contribution in [1.82, 2.24) is 20.3 Å². The van der Waals surface area contributed by atoms with Crippen LogP contribution in [0.1, 0.15) is 28.7 Å². The van der Waals surface area contributed by atoms with E-state index in [1.54, 1.807) is 12.1 Å². The second kappa shape index (κ2) is 9.52. The minimum atomic E-state index is -5.34. The van der Waals surface area contributed by atoms with Gasteiger partial charge >= 0.3 is 6.18 Å². The molecule has 1 aromatic carbocycles. The van der Waals surface area contributed by atoms with Crippen LogP contribution in [0, 0.1) is 5.82 Å². The van der Waals surface area contributed by atoms with E-state index in [4.69, 9.17) is 10.5 Å². The number of nitrogens with one attached hydrogen (secondary N) is 1. The number of rotatable bonds is 6. The smallest absolute Gasteiger partial charge is 0.424 e. The van der Waals surface area contributed by atoms with Crippen molar-refractivity contribution in [3.63, 3.8) is 0 Å². The predicted molar refractivity (Wildman–Crippen MR) is 133 cm³/mol. The summed E-state index contributed by atoms with van der Waals surface area (Å²) in [5.41, 5.74) is -0.0661. The van der Waals surface area contributed by atoms with Crippen molar-refractivity contribution < 1.29 is 37.0 Å². The number of alkyl halides is 3. The molecule has 3 aromatic heterocycles. The van der Waals surface area contributed by atoms with Gasteiger partial charge in [0.2, 0.25) is 11.5 Å². The maximum atomic E-state index is 14.5. The number of nitrogens with two attached hydrogens (primary N) is 1. The van der Waals surface area contributed by atoms with E-state index in [-0.39, 0.29) is 34.9 Å². The molecule has 0 spiro atoms. The number of carbonyl (C=O) groups is 2. The molecule has 1 aliphatic rings. The first kappa shape index (κ1) is 26.9. The van der Waals surface area contributed by atoms with Crippen LogP contribution in [0.3, 0.4) is 0 Å². The molecule has 206 valence electrons. The van der Waals surface area contributed by atoms with Gasteiger partial charge in [-0.2, -0.15) is 13.2 Å². The molecule has 0 saturated carbocycles. The highest BCUT2D eigenvalue weighted by Gasteiger charge is 2.57. The maximum absolute atomic E-state index is 14.5. The van der Waals surface area contributed by atoms with Gasteiger partial charge in [-0.25, -0.2) is 14.4 Å². The van der Waals surface area contributed by atoms with Gasteiger partial charge in [0, 0.05) is 17.3 Å². The summed E-state index contributed by atoms with van der Waals surface area (Å²) >= 11 is 0. The predicted octanol–water partition coefficient (Wildman–Crippen LogP) is 3.15. The van der Waals surface area contributed by atoms with Crippen molar-refractivity contribution in [3.05, 3.63) is 83.6 Å². The Labute approximate surface area is 224 Å². The van der Waals surface area contributed by atoms with Crippen LogP contribution in [0.4, 0.5) is 17.6 Å². The third-order valence-electron chi connectivity index (χ3n) is 6.82. The number of halogens is 4. The number of ether oxygens (including phenoxy) is 1. The summed E-state index contributed by atoms with van der Waals surface area (Å²) in [5, 5.41) is 13.2. The molecule has 4 N–H and O–H groups in total. The van der Waals surface area contributed by atoms with Crippen molar-refractivity contribution in [2.75, 3.05) is 13.2 Å². The normalized spacial score (nSPS) is 18.1. The average Bonchev–Trinajstić information content (AvgIpc) is 3.28. The Morgan fingerprint density at radius 2 is 1.82 bits per heavy atom. The molecule has 9 nitrogen and oxygen atoms in total. The van der Waals surface area contributed by atoms with Gasteiger partial charge in [-0.05, 0) is 61.5 Å². The zero-order valence-electron chi connectivity index (χ0n) is 20.8. The second-order valence-electron chi connectivity index (χ2n) is 9.50. The van der Waals surface area contributed by atoms with E-state index in [0.29, 0.717) is 11.0 Å². The van der Waals surface area contributed by atoms with E-state index >= 15 is 0 Å². The number of aliphatic hydroxyl groups is 1. The monoisotopic (exact) mass is 555 g/mol. The number of benzene rings is 1. The highest BCUT2D eigenvalue weighted by Crippen LogP contribution is 2.47. The third kappa shape index (κ3) is 4.47. The van der Waals surface area contributed by atoms with Gasteiger partial charge < -0.3 is 20.9 Å². The molecule has 0 fully saturated rings. The largest absolute Gasteiger partial charge is 0.489 e. The molecule has 2 amide bonds. The van der Waals surface area contributed by atoms with E-state index in [1.165, 1.54) is 37.4 Å². The van der Waals surface area contributed by atoms with Crippen LogP contribution >= 0.6 is 0 Å². The summed E-state index contributed by atoms with van der Waals surface area (Å²) in [7, 11) is 0. The first-order valence-corrected chi connectivity index (χ1v) is 11.9. The number of aromatic nitrogens is 3. The summed E-state index contributed by atoms with van der Waals surface area (Å²) in [6, 6.07) is 11.5. The Bertz CT molecular complexity index is 1650. The topological polar surface area (TPSA) is 140 Å². The molecule has 2 atom stereocenters. The molecule has 1 aliphatic heterocycles. The van der Waals surface area contributed by atoms with Crippen LogP contribution in [0.15, 0.2) is 60.8 Å². The van der Waals surface area contributed by atoms with Crippen molar-refractivity contribution >= 4 is 22.8 Å². The Kier molecular flexibility index (Phi) is 6.41. The minimum absolute atomic E-state index is 0.0285. The summed E-state index contributed by atoms with van der Waals surface area (Å²) in [4.78, 5) is 37.3. The molecule has 13 heteroatoms. The Morgan fingerprint density at radius 1 is 1.10 bits per heavy atom. The number of amides is 2. The first-order valence-electron chi connectivity index (χ1n) is 11.9. The molecule has 40 heavy (non-hydrogen) atoms. The van der Waals surface area contributed by atoms with Crippen LogP contribution in [0.5, 0.6) is 5.75 Å². The molecule has 0 aliphatic carbocycles. The van der Waals surface area contributed by atoms with Crippen molar-refractivity contribution in [2.24, 2.45) is 5.73 Å². The Balaban J connectivity index is 1.58. The molecular formula is C27H21F4N5O4. The van der Waals surface area contributed by atoms with Gasteiger partial charge in [0.25, 0.3) is 5.91 Å². The zero-order valence-corrected chi connectivity index (χ0v) is 20.8. The van der Waals surface area contributed by atoms with Crippen LogP contribution in [-0.4, -0.2) is 51.2 Å². The third-order valence-corrected chi connectivity index (χ3v) is 6.82. The maximum Gasteiger partial charge on any atom is 0.424 e. The Morgan fingerprint density at radius 3 is 2.50 bits per heavy atom. The average molecular weight is 555 g/mol. The van der Waals surface area contributed by atoms with Gasteiger partial charge in [0.15, 0.2) is 0 Å². The van der Waals surface area contributed by atoms with E-state index in [9.17, 15) is 32.3 Å². The fraction of sp³-hybridized carbons (Fsp3) is 0.222. The van der Waals surface area contributed by atoms with Crippen LogP contribution < -0.4 is 15.8 Å². The summed E-state index contributed by atoms with van der Waals surface area (Å²) < 4.78 is 62.7. The van der Waals surface area contributed by atoms with E-state index < -0.39 is 47.1 Å². The molecule has 4 aromatic rings. The number of hydrogen-bond acceptors (Lipinski definition) is 7. The van der Waals surface area contributed by atoms with Gasteiger partial charge in [-0.15, -0.1) is 0 Å². The fourth-order valence-electron chi connectivity index (χ4n) is 4.32. The summed E-state index contributed by atoms with van der Waals surface area (Å²) in [6.45, 7) is -0.250. The fourth-order valence-corrected chi connectivity index (χ4v) is 4.32. The lowest BCUT2D eigenvalue weighted by atomic mass is 9.81.